The summed E-state index contributed by atoms with van der Waals surface area (Å²) in [6.45, 7) is 4.04. The molecule has 2 fully saturated rings. The van der Waals surface area contributed by atoms with Crippen molar-refractivity contribution in [1.82, 2.24) is 19.7 Å². The number of likely N-dealkylation sites (tertiary alicyclic amines) is 1. The summed E-state index contributed by atoms with van der Waals surface area (Å²) in [7, 11) is 2.09. The molecule has 3 heterocycles. The van der Waals surface area contributed by atoms with Crippen LogP contribution in [0.15, 0.2) is 46.9 Å². The number of carbonyl (C=O) groups is 1. The molecule has 6 rings (SSSR count). The van der Waals surface area contributed by atoms with Gasteiger partial charge in [0.05, 0.1) is 17.6 Å². The zero-order chi connectivity index (χ0) is 28.3. The Hall–Kier alpha value is -2.26. The Morgan fingerprint density at radius 1 is 1.07 bits per heavy atom. The van der Waals surface area contributed by atoms with Gasteiger partial charge >= 0.3 is 0 Å². The Labute approximate surface area is 257 Å². The fraction of sp³-hybridized carbons (Fsp3) is 0.515. The van der Waals surface area contributed by atoms with Crippen LogP contribution in [0.4, 0.5) is 0 Å². The molecule has 1 aliphatic carbocycles. The van der Waals surface area contributed by atoms with Gasteiger partial charge in [0.15, 0.2) is 0 Å². The van der Waals surface area contributed by atoms with Gasteiger partial charge in [0, 0.05) is 33.7 Å². The lowest BCUT2D eigenvalue weighted by molar-refractivity contribution is -0.135. The number of hydrogen-bond donors (Lipinski definition) is 1. The lowest BCUT2D eigenvalue weighted by Crippen LogP contribution is -2.54. The maximum absolute atomic E-state index is 14.2. The summed E-state index contributed by atoms with van der Waals surface area (Å²) in [5.41, 5.74) is 6.24. The number of nitrogens with zero attached hydrogens (tertiary/aromatic N) is 3. The molecule has 0 radical (unpaired) electrons. The Kier molecular flexibility index (Phi) is 9.10. The Morgan fingerprint density at radius 3 is 2.54 bits per heavy atom. The van der Waals surface area contributed by atoms with E-state index in [9.17, 15) is 4.79 Å². The summed E-state index contributed by atoms with van der Waals surface area (Å²) in [6, 6.07) is 14.7. The van der Waals surface area contributed by atoms with Gasteiger partial charge in [0.1, 0.15) is 12.4 Å². The number of rotatable bonds is 8. The van der Waals surface area contributed by atoms with E-state index in [1.807, 2.05) is 4.90 Å². The number of piperidine rings is 1. The van der Waals surface area contributed by atoms with Crippen molar-refractivity contribution in [1.29, 1.82) is 0 Å². The highest BCUT2D eigenvalue weighted by atomic mass is 79.9. The topological polar surface area (TPSA) is 51.8 Å². The highest BCUT2D eigenvalue weighted by molar-refractivity contribution is 9.10. The second kappa shape index (κ2) is 12.9. The van der Waals surface area contributed by atoms with Gasteiger partial charge in [-0.05, 0) is 93.7 Å². The van der Waals surface area contributed by atoms with Crippen molar-refractivity contribution < 1.29 is 9.53 Å². The van der Waals surface area contributed by atoms with Crippen LogP contribution in [0.25, 0.3) is 10.9 Å². The van der Waals surface area contributed by atoms with Gasteiger partial charge in [-0.25, -0.2) is 0 Å². The van der Waals surface area contributed by atoms with Crippen LogP contribution in [0.5, 0.6) is 5.75 Å². The largest absolute Gasteiger partial charge is 0.492 e. The molecule has 2 unspecified atom stereocenters. The third-order valence-electron chi connectivity index (χ3n) is 9.41. The summed E-state index contributed by atoms with van der Waals surface area (Å²) < 4.78 is 7.18. The van der Waals surface area contributed by atoms with Crippen molar-refractivity contribution >= 4 is 50.4 Å². The molecule has 41 heavy (non-hydrogen) atoms. The van der Waals surface area contributed by atoms with Gasteiger partial charge in [-0.2, -0.15) is 0 Å². The van der Waals surface area contributed by atoms with Gasteiger partial charge < -0.3 is 14.6 Å². The number of halogens is 1. The number of amides is 1. The lowest BCUT2D eigenvalue weighted by Gasteiger charge is -2.42. The molecule has 1 amide bonds. The van der Waals surface area contributed by atoms with Crippen LogP contribution < -0.4 is 4.74 Å². The number of carbonyl (C=O) groups excluding carboxylic acids is 1. The highest BCUT2D eigenvalue weighted by Crippen LogP contribution is 2.41. The maximum Gasteiger partial charge on any atom is 0.245 e. The van der Waals surface area contributed by atoms with Crippen LogP contribution in [0.1, 0.15) is 74.2 Å². The van der Waals surface area contributed by atoms with Gasteiger partial charge in [-0.3, -0.25) is 14.6 Å². The summed E-state index contributed by atoms with van der Waals surface area (Å²) in [5, 5.41) is 1.18. The molecule has 2 atom stereocenters. The molecule has 1 N–H and O–H groups in total. The van der Waals surface area contributed by atoms with Gasteiger partial charge in [-0.1, -0.05) is 66.0 Å². The number of benzene rings is 2. The van der Waals surface area contributed by atoms with Gasteiger partial charge in [0.2, 0.25) is 5.91 Å². The summed E-state index contributed by atoms with van der Waals surface area (Å²) >= 11 is 9.11. The van der Waals surface area contributed by atoms with Crippen LogP contribution in [0.2, 0.25) is 0 Å². The molecule has 2 aromatic carbocycles. The molecule has 3 aliphatic rings. The van der Waals surface area contributed by atoms with Crippen molar-refractivity contribution in [2.45, 2.75) is 75.9 Å². The average molecular weight is 638 g/mol. The first-order valence-corrected chi connectivity index (χ1v) is 16.5. The number of ether oxygens (including phenoxy) is 1. The first-order valence-electron chi connectivity index (χ1n) is 15.3. The molecular formula is C33H41BrN4O2S. The van der Waals surface area contributed by atoms with E-state index in [0.29, 0.717) is 13.0 Å². The molecule has 6 nitrogen and oxygen atoms in total. The predicted molar refractivity (Wildman–Crippen MR) is 173 cm³/mol. The smallest absolute Gasteiger partial charge is 0.245 e. The number of aromatic nitrogens is 1. The summed E-state index contributed by atoms with van der Waals surface area (Å²) in [5.74, 6) is 1.01. The van der Waals surface area contributed by atoms with E-state index in [0.717, 1.165) is 59.2 Å². The van der Waals surface area contributed by atoms with Crippen molar-refractivity contribution in [2.75, 3.05) is 33.3 Å². The Balaban J connectivity index is 1.28. The fourth-order valence-electron chi connectivity index (χ4n) is 7.15. The maximum atomic E-state index is 14.2. The lowest BCUT2D eigenvalue weighted by atomic mass is 9.87. The molecule has 3 aromatic rings. The molecular weight excluding hydrogens is 596 g/mol. The molecule has 2 aliphatic heterocycles. The number of thiocarbonyl (C=S) groups is 1. The number of fused-ring (bicyclic) bond motifs is 3. The van der Waals surface area contributed by atoms with Crippen molar-refractivity contribution in [3.05, 3.63) is 63.8 Å². The van der Waals surface area contributed by atoms with E-state index < -0.39 is 0 Å². The zero-order valence-electron chi connectivity index (χ0n) is 24.0. The molecule has 8 heteroatoms. The van der Waals surface area contributed by atoms with E-state index in [2.05, 4.69) is 80.2 Å². The van der Waals surface area contributed by atoms with E-state index in [1.165, 1.54) is 49.7 Å². The molecule has 0 bridgehead atoms. The fourth-order valence-corrected chi connectivity index (χ4v) is 7.79. The molecule has 1 saturated heterocycles. The number of H-pyrrole nitrogens is 1. The van der Waals surface area contributed by atoms with Crippen LogP contribution in [-0.4, -0.2) is 76.5 Å². The quantitative estimate of drug-likeness (QED) is 0.274. The Bertz CT molecular complexity index is 1360. The zero-order valence-corrected chi connectivity index (χ0v) is 26.4. The SMILES string of the molecule is CN1C(C(=O)N(C=S)C2CCCCC2)Cc2c([nH]c3ccc(Br)cc23)C1c1ccc(OCCN2CCCCC2)cc1. The number of nitrogens with one attached hydrogen (secondary N) is 1. The second-order valence-corrected chi connectivity index (χ2v) is 13.1. The molecule has 1 aromatic heterocycles. The van der Waals surface area contributed by atoms with E-state index >= 15 is 0 Å². The first-order chi connectivity index (χ1) is 20.0. The first kappa shape index (κ1) is 28.8. The van der Waals surface area contributed by atoms with Crippen LogP contribution in [-0.2, 0) is 11.2 Å². The predicted octanol–water partition coefficient (Wildman–Crippen LogP) is 6.86. The van der Waals surface area contributed by atoms with E-state index in [4.69, 9.17) is 17.0 Å². The summed E-state index contributed by atoms with van der Waals surface area (Å²) in [6.07, 6.45) is 10.2. The molecule has 218 valence electrons. The number of aromatic amines is 1. The molecule has 1 saturated carbocycles. The average Bonchev–Trinajstić information content (AvgIpc) is 3.36. The number of likely N-dealkylation sites (N-methyl/N-ethyl adjacent to an activating group) is 1. The van der Waals surface area contributed by atoms with Crippen LogP contribution in [0, 0.1) is 0 Å². The van der Waals surface area contributed by atoms with E-state index in [-0.39, 0.29) is 24.0 Å². The normalized spacial score (nSPS) is 22.4. The molecule has 0 spiro atoms. The third-order valence-corrected chi connectivity index (χ3v) is 10.1. The minimum atomic E-state index is -0.299. The van der Waals surface area contributed by atoms with Crippen molar-refractivity contribution in [2.24, 2.45) is 0 Å². The van der Waals surface area contributed by atoms with Crippen LogP contribution >= 0.6 is 28.1 Å². The highest BCUT2D eigenvalue weighted by Gasteiger charge is 2.41. The summed E-state index contributed by atoms with van der Waals surface area (Å²) in [4.78, 5) is 24.5. The second-order valence-electron chi connectivity index (χ2n) is 12.0. The number of hydrogen-bond acceptors (Lipinski definition) is 5. The third kappa shape index (κ3) is 6.12. The van der Waals surface area contributed by atoms with Gasteiger partial charge in [0.25, 0.3) is 0 Å². The van der Waals surface area contributed by atoms with Gasteiger partial charge in [-0.15, -0.1) is 0 Å². The van der Waals surface area contributed by atoms with Crippen LogP contribution in [0.3, 0.4) is 0 Å². The van der Waals surface area contributed by atoms with E-state index in [1.54, 1.807) is 5.49 Å². The standard InChI is InChI=1S/C33H41BrN4O2S/c1-36-30(33(39)38(22-41)25-8-4-2-5-9-25)21-28-27-20-24(34)12-15-29(27)35-31(28)32(36)23-10-13-26(14-11-23)40-19-18-37-16-6-3-7-17-37/h10-15,20,22,25,30,32,35H,2-9,16-19,21H2,1H3. The minimum absolute atomic E-state index is 0.0837. The van der Waals surface area contributed by atoms with Crippen molar-refractivity contribution in [3.8, 4) is 5.75 Å². The monoisotopic (exact) mass is 636 g/mol. The van der Waals surface area contributed by atoms with Crippen molar-refractivity contribution in [3.63, 3.8) is 0 Å². The Morgan fingerprint density at radius 2 is 1.80 bits per heavy atom. The minimum Gasteiger partial charge on any atom is -0.492 e.